The Morgan fingerprint density at radius 3 is 1.77 bits per heavy atom. The molecule has 76 valence electrons. The van der Waals surface area contributed by atoms with Gasteiger partial charge in [-0.2, -0.15) is 0 Å². The Bertz CT molecular complexity index is 207. The molecule has 0 aliphatic heterocycles. The van der Waals surface area contributed by atoms with Crippen LogP contribution in [-0.2, 0) is 4.79 Å². The summed E-state index contributed by atoms with van der Waals surface area (Å²) < 4.78 is 0. The number of carboxylic acids is 1. The minimum atomic E-state index is -0.793. The molecule has 13 heavy (non-hydrogen) atoms. The first kappa shape index (κ1) is 12.2. The molecule has 0 aromatic carbocycles. The van der Waals surface area contributed by atoms with Gasteiger partial charge in [-0.1, -0.05) is 32.9 Å². The molecule has 0 saturated heterocycles. The van der Waals surface area contributed by atoms with Crippen molar-refractivity contribution in [3.8, 4) is 0 Å². The number of rotatable bonds is 3. The molecule has 1 atom stereocenters. The molecule has 1 N–H and O–H groups in total. The molecule has 0 bridgehead atoms. The third kappa shape index (κ3) is 3.21. The standard InChI is InChI=1S/C11H20O2/c1-8(2)11(6,9(12)13)7-10(3,4)5/h1,7H2,2-6H3,(H,12,13). The van der Waals surface area contributed by atoms with Crippen LogP contribution in [-0.4, -0.2) is 11.1 Å². The number of carbonyl (C=O) groups is 1. The fraction of sp³-hybridized carbons (Fsp3) is 0.727. The maximum absolute atomic E-state index is 11.1. The van der Waals surface area contributed by atoms with Gasteiger partial charge in [0.2, 0.25) is 0 Å². The molecule has 0 spiro atoms. The van der Waals surface area contributed by atoms with Crippen molar-refractivity contribution in [1.29, 1.82) is 0 Å². The van der Waals surface area contributed by atoms with E-state index in [0.717, 1.165) is 5.57 Å². The molecule has 0 amide bonds. The molecule has 0 fully saturated rings. The van der Waals surface area contributed by atoms with Crippen LogP contribution in [0.4, 0.5) is 0 Å². The van der Waals surface area contributed by atoms with Crippen LogP contribution in [0.1, 0.15) is 41.0 Å². The molecule has 2 heteroatoms. The van der Waals surface area contributed by atoms with Crippen molar-refractivity contribution in [2.45, 2.75) is 41.0 Å². The maximum Gasteiger partial charge on any atom is 0.313 e. The first-order valence-electron chi connectivity index (χ1n) is 4.49. The highest BCUT2D eigenvalue weighted by Crippen LogP contribution is 2.38. The minimum absolute atomic E-state index is 0.00604. The van der Waals surface area contributed by atoms with E-state index in [9.17, 15) is 4.79 Å². The lowest BCUT2D eigenvalue weighted by molar-refractivity contribution is -0.147. The molecule has 0 aliphatic rings. The van der Waals surface area contributed by atoms with Crippen molar-refractivity contribution in [3.63, 3.8) is 0 Å². The first-order chi connectivity index (χ1) is 5.59. The smallest absolute Gasteiger partial charge is 0.313 e. The molecular formula is C11H20O2. The summed E-state index contributed by atoms with van der Waals surface area (Å²) in [6, 6.07) is 0. The van der Waals surface area contributed by atoms with E-state index in [1.165, 1.54) is 0 Å². The van der Waals surface area contributed by atoms with Crippen LogP contribution in [0.2, 0.25) is 0 Å². The van der Waals surface area contributed by atoms with Gasteiger partial charge >= 0.3 is 5.97 Å². The highest BCUT2D eigenvalue weighted by molar-refractivity contribution is 5.77. The number of hydrogen-bond acceptors (Lipinski definition) is 1. The van der Waals surface area contributed by atoms with Crippen molar-refractivity contribution < 1.29 is 9.90 Å². The second-order valence-corrected chi connectivity index (χ2v) is 5.16. The van der Waals surface area contributed by atoms with E-state index < -0.39 is 11.4 Å². The van der Waals surface area contributed by atoms with Gasteiger partial charge in [0, 0.05) is 0 Å². The van der Waals surface area contributed by atoms with E-state index in [0.29, 0.717) is 6.42 Å². The molecule has 0 aromatic rings. The first-order valence-corrected chi connectivity index (χ1v) is 4.49. The number of aliphatic carboxylic acids is 1. The fourth-order valence-electron chi connectivity index (χ4n) is 1.47. The summed E-state index contributed by atoms with van der Waals surface area (Å²) in [6.07, 6.45) is 0.616. The van der Waals surface area contributed by atoms with Gasteiger partial charge in [-0.25, -0.2) is 0 Å². The summed E-state index contributed by atoms with van der Waals surface area (Å²) in [5.74, 6) is -0.782. The predicted octanol–water partition coefficient (Wildman–Crippen LogP) is 3.09. The molecular weight excluding hydrogens is 164 g/mol. The van der Waals surface area contributed by atoms with Crippen LogP contribution in [0, 0.1) is 10.8 Å². The topological polar surface area (TPSA) is 37.3 Å². The van der Waals surface area contributed by atoms with Gasteiger partial charge in [0.05, 0.1) is 5.41 Å². The monoisotopic (exact) mass is 184 g/mol. The summed E-state index contributed by atoms with van der Waals surface area (Å²) in [5.41, 5.74) is -0.0698. The van der Waals surface area contributed by atoms with Gasteiger partial charge < -0.3 is 5.11 Å². The summed E-state index contributed by atoms with van der Waals surface area (Å²) in [6.45, 7) is 13.4. The predicted molar refractivity (Wildman–Crippen MR) is 54.6 cm³/mol. The Kier molecular flexibility index (Phi) is 3.31. The van der Waals surface area contributed by atoms with Gasteiger partial charge in [0.15, 0.2) is 0 Å². The molecule has 1 unspecified atom stereocenters. The van der Waals surface area contributed by atoms with E-state index in [2.05, 4.69) is 6.58 Å². The second kappa shape index (κ2) is 3.52. The van der Waals surface area contributed by atoms with Crippen molar-refractivity contribution >= 4 is 5.97 Å². The van der Waals surface area contributed by atoms with Gasteiger partial charge in [-0.05, 0) is 25.7 Å². The van der Waals surface area contributed by atoms with Gasteiger partial charge in [-0.3, -0.25) is 4.79 Å². The van der Waals surface area contributed by atoms with Crippen molar-refractivity contribution in [2.75, 3.05) is 0 Å². The number of carboxylic acid groups (broad SMARTS) is 1. The third-order valence-corrected chi connectivity index (χ3v) is 2.30. The van der Waals surface area contributed by atoms with E-state index in [1.54, 1.807) is 13.8 Å². The average molecular weight is 184 g/mol. The zero-order valence-electron chi connectivity index (χ0n) is 9.27. The SMILES string of the molecule is C=C(C)C(C)(CC(C)(C)C)C(=O)O. The summed E-state index contributed by atoms with van der Waals surface area (Å²) in [7, 11) is 0. The quantitative estimate of drug-likeness (QED) is 0.684. The zero-order chi connectivity index (χ0) is 10.9. The van der Waals surface area contributed by atoms with Crippen LogP contribution < -0.4 is 0 Å². The lowest BCUT2D eigenvalue weighted by Gasteiger charge is -2.32. The molecule has 0 saturated carbocycles. The minimum Gasteiger partial charge on any atom is -0.481 e. The van der Waals surface area contributed by atoms with E-state index in [1.807, 2.05) is 20.8 Å². The molecule has 0 heterocycles. The molecule has 0 aromatic heterocycles. The molecule has 0 radical (unpaired) electrons. The van der Waals surface area contributed by atoms with Crippen molar-refractivity contribution in [2.24, 2.45) is 10.8 Å². The second-order valence-electron chi connectivity index (χ2n) is 5.16. The van der Waals surface area contributed by atoms with Gasteiger partial charge in [0.25, 0.3) is 0 Å². The van der Waals surface area contributed by atoms with Crippen molar-refractivity contribution in [3.05, 3.63) is 12.2 Å². The van der Waals surface area contributed by atoms with Crippen LogP contribution in [0.3, 0.4) is 0 Å². The summed E-state index contributed by atoms with van der Waals surface area (Å²) in [5, 5.41) is 9.11. The Morgan fingerprint density at radius 2 is 1.69 bits per heavy atom. The van der Waals surface area contributed by atoms with E-state index in [-0.39, 0.29) is 5.41 Å². The molecule has 2 nitrogen and oxygen atoms in total. The van der Waals surface area contributed by atoms with Gasteiger partial charge in [0.1, 0.15) is 0 Å². The van der Waals surface area contributed by atoms with Gasteiger partial charge in [-0.15, -0.1) is 0 Å². The molecule has 0 rings (SSSR count). The Hall–Kier alpha value is -0.790. The maximum atomic E-state index is 11.1. The average Bonchev–Trinajstić information content (AvgIpc) is 1.82. The van der Waals surface area contributed by atoms with Crippen LogP contribution in [0.5, 0.6) is 0 Å². The summed E-state index contributed by atoms with van der Waals surface area (Å²) in [4.78, 5) is 11.1. The highest BCUT2D eigenvalue weighted by atomic mass is 16.4. The van der Waals surface area contributed by atoms with Crippen LogP contribution in [0.25, 0.3) is 0 Å². The number of hydrogen-bond donors (Lipinski definition) is 1. The van der Waals surface area contributed by atoms with Crippen molar-refractivity contribution in [1.82, 2.24) is 0 Å². The lowest BCUT2D eigenvalue weighted by Crippen LogP contribution is -2.33. The van der Waals surface area contributed by atoms with E-state index in [4.69, 9.17) is 5.11 Å². The lowest BCUT2D eigenvalue weighted by atomic mass is 9.71. The van der Waals surface area contributed by atoms with Crippen LogP contribution in [0.15, 0.2) is 12.2 Å². The Balaban J connectivity index is 4.84. The summed E-state index contributed by atoms with van der Waals surface area (Å²) >= 11 is 0. The fourth-order valence-corrected chi connectivity index (χ4v) is 1.47. The largest absolute Gasteiger partial charge is 0.481 e. The van der Waals surface area contributed by atoms with E-state index >= 15 is 0 Å². The zero-order valence-corrected chi connectivity index (χ0v) is 9.27. The highest BCUT2D eigenvalue weighted by Gasteiger charge is 2.37. The Morgan fingerprint density at radius 1 is 1.31 bits per heavy atom. The Labute approximate surface area is 80.7 Å². The van der Waals surface area contributed by atoms with Crippen LogP contribution >= 0.6 is 0 Å². The normalized spacial score (nSPS) is 16.4. The third-order valence-electron chi connectivity index (χ3n) is 2.30. The molecule has 0 aliphatic carbocycles.